The summed E-state index contributed by atoms with van der Waals surface area (Å²) in [4.78, 5) is 24.2. The highest BCUT2D eigenvalue weighted by atomic mass is 16.4. The third-order valence-corrected chi connectivity index (χ3v) is 6.16. The van der Waals surface area contributed by atoms with Gasteiger partial charge in [-0.15, -0.1) is 0 Å². The first-order valence-electron chi connectivity index (χ1n) is 9.60. The molecule has 0 aromatic carbocycles. The number of carbonyl (C=O) groups is 1. The summed E-state index contributed by atoms with van der Waals surface area (Å²) in [5.74, 6) is -0.902. The molecule has 0 saturated heterocycles. The Morgan fingerprint density at radius 3 is 2.79 bits per heavy atom. The monoisotopic (exact) mass is 385 g/mol. The number of aromatic amines is 1. The fourth-order valence-corrected chi connectivity index (χ4v) is 4.33. The molecular weight excluding hydrogens is 366 g/mol. The van der Waals surface area contributed by atoms with Crippen molar-refractivity contribution >= 4 is 5.97 Å². The molecule has 0 amide bonds. The zero-order valence-electron chi connectivity index (χ0n) is 15.7. The van der Waals surface area contributed by atoms with Crippen LogP contribution in [0.25, 0.3) is 22.5 Å². The number of H-pyrrole nitrogens is 1. The highest BCUT2D eigenvalue weighted by Crippen LogP contribution is 2.51. The number of pyridine rings is 2. The number of fused-ring (bicyclic) bond motifs is 3. The van der Waals surface area contributed by atoms with Gasteiger partial charge < -0.3 is 15.8 Å². The van der Waals surface area contributed by atoms with E-state index < -0.39 is 5.97 Å². The van der Waals surface area contributed by atoms with Crippen LogP contribution in [-0.2, 0) is 18.3 Å². The highest BCUT2D eigenvalue weighted by Gasteiger charge is 2.48. The van der Waals surface area contributed by atoms with Gasteiger partial charge in [0.05, 0.1) is 22.5 Å². The number of aryl methyl sites for hydroxylation is 1. The summed E-state index contributed by atoms with van der Waals surface area (Å²) in [6, 6.07) is 5.80. The van der Waals surface area contributed by atoms with E-state index in [-0.39, 0.29) is 5.41 Å². The average molecular weight is 385 g/mol. The van der Waals surface area contributed by atoms with E-state index in [4.69, 9.17) is 11.0 Å². The topological polar surface area (TPSA) is 129 Å². The Morgan fingerprint density at radius 2 is 2.10 bits per heavy atom. The van der Waals surface area contributed by atoms with Gasteiger partial charge in [0.2, 0.25) is 0 Å². The minimum atomic E-state index is -0.902. The number of nitriles is 1. The molecule has 5 rings (SSSR count). The molecule has 144 valence electrons. The fourth-order valence-electron chi connectivity index (χ4n) is 4.33. The van der Waals surface area contributed by atoms with Gasteiger partial charge in [0.25, 0.3) is 0 Å². The predicted molar refractivity (Wildman–Crippen MR) is 106 cm³/mol. The van der Waals surface area contributed by atoms with E-state index in [2.05, 4.69) is 21.0 Å². The van der Waals surface area contributed by atoms with Gasteiger partial charge in [0.15, 0.2) is 0 Å². The fraction of sp³-hybridized carbons (Fsp3) is 0.273. The summed E-state index contributed by atoms with van der Waals surface area (Å²) in [6.07, 6.45) is 8.23. The van der Waals surface area contributed by atoms with Crippen LogP contribution in [0, 0.1) is 11.3 Å². The van der Waals surface area contributed by atoms with Crippen molar-refractivity contribution in [2.45, 2.75) is 31.1 Å². The van der Waals surface area contributed by atoms with Crippen molar-refractivity contribution in [2.24, 2.45) is 5.73 Å². The van der Waals surface area contributed by atoms with E-state index in [0.29, 0.717) is 29.8 Å². The molecule has 3 aromatic heterocycles. The van der Waals surface area contributed by atoms with Gasteiger partial charge in [0, 0.05) is 47.4 Å². The van der Waals surface area contributed by atoms with Crippen LogP contribution in [0.1, 0.15) is 45.6 Å². The Kier molecular flexibility index (Phi) is 3.80. The second kappa shape index (κ2) is 6.26. The molecule has 1 saturated carbocycles. The van der Waals surface area contributed by atoms with Crippen molar-refractivity contribution in [3.05, 3.63) is 58.7 Å². The molecule has 0 atom stereocenters. The molecule has 0 radical (unpaired) electrons. The second-order valence-electron chi connectivity index (χ2n) is 7.82. The lowest BCUT2D eigenvalue weighted by Crippen LogP contribution is -2.23. The normalized spacial score (nSPS) is 15.9. The van der Waals surface area contributed by atoms with Crippen LogP contribution >= 0.6 is 0 Å². The molecule has 7 heteroatoms. The first-order chi connectivity index (χ1) is 14.1. The van der Waals surface area contributed by atoms with Crippen LogP contribution in [0.15, 0.2) is 30.7 Å². The number of aromatic nitrogens is 3. The molecule has 4 N–H and O–H groups in total. The van der Waals surface area contributed by atoms with Gasteiger partial charge >= 0.3 is 5.97 Å². The van der Waals surface area contributed by atoms with Crippen molar-refractivity contribution in [3.8, 4) is 28.6 Å². The molecule has 29 heavy (non-hydrogen) atoms. The van der Waals surface area contributed by atoms with Gasteiger partial charge in [-0.2, -0.15) is 5.26 Å². The van der Waals surface area contributed by atoms with Crippen LogP contribution in [-0.4, -0.2) is 32.6 Å². The number of rotatable bonds is 4. The van der Waals surface area contributed by atoms with Crippen LogP contribution in [0.5, 0.6) is 0 Å². The van der Waals surface area contributed by atoms with Crippen LogP contribution in [0.2, 0.25) is 0 Å². The first-order valence-corrected chi connectivity index (χ1v) is 9.60. The Bertz CT molecular complexity index is 1200. The second-order valence-corrected chi connectivity index (χ2v) is 7.82. The summed E-state index contributed by atoms with van der Waals surface area (Å²) >= 11 is 0. The molecule has 7 nitrogen and oxygen atoms in total. The van der Waals surface area contributed by atoms with Gasteiger partial charge in [0.1, 0.15) is 6.07 Å². The number of nitrogens with one attached hydrogen (secondary N) is 1. The smallest absolute Gasteiger partial charge is 0.337 e. The zero-order valence-corrected chi connectivity index (χ0v) is 15.7. The Hall–Kier alpha value is -3.50. The van der Waals surface area contributed by atoms with Crippen molar-refractivity contribution in [3.63, 3.8) is 0 Å². The molecule has 3 heterocycles. The molecule has 3 aromatic rings. The number of hydrogen-bond acceptors (Lipinski definition) is 5. The van der Waals surface area contributed by atoms with Crippen molar-refractivity contribution in [1.82, 2.24) is 15.0 Å². The lowest BCUT2D eigenvalue weighted by molar-refractivity contribution is 0.0694. The lowest BCUT2D eigenvalue weighted by Gasteiger charge is -2.17. The number of nitrogens with two attached hydrogens (primary N) is 1. The summed E-state index contributed by atoms with van der Waals surface area (Å²) in [5.41, 5.74) is 12.6. The molecule has 1 fully saturated rings. The van der Waals surface area contributed by atoms with Crippen LogP contribution < -0.4 is 5.73 Å². The molecular formula is C22H19N5O2. The van der Waals surface area contributed by atoms with Crippen molar-refractivity contribution in [1.29, 1.82) is 5.26 Å². The maximum absolute atomic E-state index is 12.1. The van der Waals surface area contributed by atoms with Gasteiger partial charge in [-0.25, -0.2) is 4.79 Å². The van der Waals surface area contributed by atoms with E-state index in [1.165, 1.54) is 6.20 Å². The summed E-state index contributed by atoms with van der Waals surface area (Å²) < 4.78 is 0. The van der Waals surface area contributed by atoms with E-state index >= 15 is 0 Å². The minimum absolute atomic E-state index is 0.244. The first kappa shape index (κ1) is 17.6. The van der Waals surface area contributed by atoms with E-state index in [9.17, 15) is 9.90 Å². The number of carboxylic acid groups (broad SMARTS) is 1. The number of hydrogen-bond donors (Lipinski definition) is 3. The van der Waals surface area contributed by atoms with Gasteiger partial charge in [-0.1, -0.05) is 0 Å². The zero-order chi connectivity index (χ0) is 20.2. The summed E-state index contributed by atoms with van der Waals surface area (Å²) in [5, 5.41) is 19.1. The van der Waals surface area contributed by atoms with Crippen molar-refractivity contribution in [2.75, 3.05) is 6.54 Å². The minimum Gasteiger partial charge on any atom is -0.478 e. The van der Waals surface area contributed by atoms with E-state index in [0.717, 1.165) is 52.9 Å². The van der Waals surface area contributed by atoms with Gasteiger partial charge in [-0.3, -0.25) is 9.97 Å². The molecule has 2 aliphatic rings. The predicted octanol–water partition coefficient (Wildman–Crippen LogP) is 2.80. The third kappa shape index (κ3) is 2.64. The maximum atomic E-state index is 12.1. The maximum Gasteiger partial charge on any atom is 0.337 e. The molecule has 0 unspecified atom stereocenters. The standard InChI is InChI=1S/C22H19N5O2/c23-7-12-5-14(9-25-8-12)17-6-16-13(10-26-17)1-2-15-18(21(28)29)20(27-19(15)16)22(11-24)3-4-22/h5-6,8-10,27H,1-4,11,24H2,(H,28,29). The quantitative estimate of drug-likeness (QED) is 0.633. The van der Waals surface area contributed by atoms with Gasteiger partial charge in [-0.05, 0) is 48.9 Å². The Labute approximate surface area is 167 Å². The van der Waals surface area contributed by atoms with Crippen molar-refractivity contribution < 1.29 is 9.90 Å². The van der Waals surface area contributed by atoms with E-state index in [1.54, 1.807) is 12.3 Å². The summed E-state index contributed by atoms with van der Waals surface area (Å²) in [6.45, 7) is 0.438. The lowest BCUT2D eigenvalue weighted by atomic mass is 9.87. The number of nitrogens with zero attached hydrogens (tertiary/aromatic N) is 3. The Morgan fingerprint density at radius 1 is 1.28 bits per heavy atom. The highest BCUT2D eigenvalue weighted by molar-refractivity contribution is 5.95. The molecule has 0 aliphatic heterocycles. The molecule has 2 aliphatic carbocycles. The molecule has 0 bridgehead atoms. The van der Waals surface area contributed by atoms with Crippen LogP contribution in [0.4, 0.5) is 0 Å². The average Bonchev–Trinajstić information content (AvgIpc) is 3.45. The van der Waals surface area contributed by atoms with Crippen LogP contribution in [0.3, 0.4) is 0 Å². The Balaban J connectivity index is 1.68. The SMILES string of the molecule is N#Cc1cncc(-c2cc3c(cn2)CCc2c-3[nH]c(C3(CN)CC3)c2C(=O)O)c1. The number of aromatic carboxylic acids is 1. The number of carboxylic acids is 1. The third-order valence-electron chi connectivity index (χ3n) is 6.16. The van der Waals surface area contributed by atoms with E-state index in [1.807, 2.05) is 12.3 Å². The largest absolute Gasteiger partial charge is 0.478 e. The summed E-state index contributed by atoms with van der Waals surface area (Å²) in [7, 11) is 0. The molecule has 0 spiro atoms.